The van der Waals surface area contributed by atoms with E-state index in [1.165, 1.54) is 12.8 Å². The van der Waals surface area contributed by atoms with Crippen molar-refractivity contribution in [3.8, 4) is 0 Å². The highest BCUT2D eigenvalue weighted by atomic mass is 35.5. The second-order valence-corrected chi connectivity index (χ2v) is 4.50. The molecule has 1 aliphatic rings. The van der Waals surface area contributed by atoms with E-state index in [-0.39, 0.29) is 6.10 Å². The topological polar surface area (TPSA) is 35.0 Å². The highest BCUT2D eigenvalue weighted by Crippen LogP contribution is 2.27. The Morgan fingerprint density at radius 2 is 2.06 bits per heavy atom. The zero-order chi connectivity index (χ0) is 11.5. The minimum Gasteiger partial charge on any atom is -0.373 e. The van der Waals surface area contributed by atoms with E-state index in [0.717, 1.165) is 36.3 Å². The number of fused-ring (bicyclic) bond motifs is 1. The number of hydrogen-bond donors (Lipinski definition) is 0. The van der Waals surface area contributed by atoms with Crippen LogP contribution in [0.4, 0.5) is 0 Å². The first kappa shape index (κ1) is 11.8. The van der Waals surface area contributed by atoms with E-state index in [9.17, 15) is 0 Å². The van der Waals surface area contributed by atoms with Gasteiger partial charge in [0, 0.05) is 18.4 Å². The number of nitrogens with zero attached hydrogens (tertiary/aromatic N) is 2. The monoisotopic (exact) mass is 240 g/mol. The maximum atomic E-state index is 6.20. The van der Waals surface area contributed by atoms with E-state index in [1.54, 1.807) is 7.11 Å². The van der Waals surface area contributed by atoms with Crippen LogP contribution in [0.2, 0.25) is 5.15 Å². The second kappa shape index (κ2) is 5.11. The molecule has 0 saturated carbocycles. The van der Waals surface area contributed by atoms with Crippen molar-refractivity contribution >= 4 is 11.6 Å². The Morgan fingerprint density at radius 1 is 1.31 bits per heavy atom. The summed E-state index contributed by atoms with van der Waals surface area (Å²) in [6.07, 6.45) is 5.25. The van der Waals surface area contributed by atoms with Crippen LogP contribution in [0.1, 0.15) is 49.4 Å². The fraction of sp³-hybridized carbons (Fsp3) is 0.667. The third-order valence-electron chi connectivity index (χ3n) is 3.09. The van der Waals surface area contributed by atoms with Crippen LogP contribution in [0.3, 0.4) is 0 Å². The van der Waals surface area contributed by atoms with Crippen LogP contribution in [0.15, 0.2) is 0 Å². The van der Waals surface area contributed by atoms with Gasteiger partial charge in [-0.2, -0.15) is 0 Å². The largest absolute Gasteiger partial charge is 0.373 e. The molecule has 1 aromatic heterocycles. The van der Waals surface area contributed by atoms with Crippen molar-refractivity contribution in [1.82, 2.24) is 9.97 Å². The normalized spacial score (nSPS) is 16.9. The first-order valence-electron chi connectivity index (χ1n) is 5.84. The SMILES string of the molecule is CCC(OC)c1nc(Cl)c2c(n1)CCCC2. The number of aromatic nitrogens is 2. The third kappa shape index (κ3) is 2.20. The van der Waals surface area contributed by atoms with Gasteiger partial charge in [-0.05, 0) is 32.1 Å². The summed E-state index contributed by atoms with van der Waals surface area (Å²) in [5, 5.41) is 0.621. The van der Waals surface area contributed by atoms with E-state index in [1.807, 2.05) is 0 Å². The maximum Gasteiger partial charge on any atom is 0.159 e. The van der Waals surface area contributed by atoms with Gasteiger partial charge >= 0.3 is 0 Å². The van der Waals surface area contributed by atoms with Gasteiger partial charge in [-0.15, -0.1) is 0 Å². The molecule has 0 amide bonds. The van der Waals surface area contributed by atoms with Crippen molar-refractivity contribution < 1.29 is 4.74 Å². The fourth-order valence-electron chi connectivity index (χ4n) is 2.16. The Hall–Kier alpha value is -0.670. The van der Waals surface area contributed by atoms with E-state index >= 15 is 0 Å². The van der Waals surface area contributed by atoms with Crippen molar-refractivity contribution in [2.45, 2.75) is 45.1 Å². The van der Waals surface area contributed by atoms with Gasteiger partial charge in [0.2, 0.25) is 0 Å². The van der Waals surface area contributed by atoms with Gasteiger partial charge in [-0.3, -0.25) is 0 Å². The lowest BCUT2D eigenvalue weighted by molar-refractivity contribution is 0.0923. The molecule has 0 bridgehead atoms. The van der Waals surface area contributed by atoms with Crippen LogP contribution in [0, 0.1) is 0 Å². The van der Waals surface area contributed by atoms with Crippen molar-refractivity contribution in [3.05, 3.63) is 22.2 Å². The highest BCUT2D eigenvalue weighted by molar-refractivity contribution is 6.30. The fourth-order valence-corrected chi connectivity index (χ4v) is 2.46. The van der Waals surface area contributed by atoms with Crippen molar-refractivity contribution in [2.24, 2.45) is 0 Å². The smallest absolute Gasteiger partial charge is 0.159 e. The lowest BCUT2D eigenvalue weighted by Crippen LogP contribution is -2.13. The summed E-state index contributed by atoms with van der Waals surface area (Å²) in [6, 6.07) is 0. The zero-order valence-electron chi connectivity index (χ0n) is 9.79. The van der Waals surface area contributed by atoms with Crippen LogP contribution >= 0.6 is 11.6 Å². The number of aryl methyl sites for hydroxylation is 1. The molecule has 2 rings (SSSR count). The molecular weight excluding hydrogens is 224 g/mol. The predicted molar refractivity (Wildman–Crippen MR) is 63.7 cm³/mol. The van der Waals surface area contributed by atoms with Crippen LogP contribution in [-0.4, -0.2) is 17.1 Å². The molecule has 3 nitrogen and oxygen atoms in total. The molecule has 0 spiro atoms. The Balaban J connectivity index is 2.38. The number of hydrogen-bond acceptors (Lipinski definition) is 3. The lowest BCUT2D eigenvalue weighted by Gasteiger charge is -2.19. The van der Waals surface area contributed by atoms with Gasteiger partial charge in [0.05, 0.1) is 0 Å². The van der Waals surface area contributed by atoms with Crippen molar-refractivity contribution in [2.75, 3.05) is 7.11 Å². The van der Waals surface area contributed by atoms with Gasteiger partial charge in [-0.25, -0.2) is 9.97 Å². The lowest BCUT2D eigenvalue weighted by atomic mass is 9.97. The summed E-state index contributed by atoms with van der Waals surface area (Å²) in [4.78, 5) is 8.95. The number of methoxy groups -OCH3 is 1. The summed E-state index contributed by atoms with van der Waals surface area (Å²) < 4.78 is 5.35. The molecule has 16 heavy (non-hydrogen) atoms. The molecule has 0 N–H and O–H groups in total. The van der Waals surface area contributed by atoms with Gasteiger partial charge in [0.15, 0.2) is 5.82 Å². The average molecular weight is 241 g/mol. The summed E-state index contributed by atoms with van der Waals surface area (Å²) in [5.41, 5.74) is 2.26. The minimum atomic E-state index is -0.0373. The van der Waals surface area contributed by atoms with Crippen molar-refractivity contribution in [3.63, 3.8) is 0 Å². The number of rotatable bonds is 3. The Morgan fingerprint density at radius 3 is 2.75 bits per heavy atom. The average Bonchev–Trinajstić information content (AvgIpc) is 2.31. The van der Waals surface area contributed by atoms with Crippen LogP contribution in [-0.2, 0) is 17.6 Å². The van der Waals surface area contributed by atoms with E-state index in [2.05, 4.69) is 16.9 Å². The molecule has 0 aliphatic heterocycles. The van der Waals surface area contributed by atoms with Gasteiger partial charge in [0.25, 0.3) is 0 Å². The molecule has 1 unspecified atom stereocenters. The third-order valence-corrected chi connectivity index (χ3v) is 3.41. The van der Waals surface area contributed by atoms with E-state index < -0.39 is 0 Å². The molecule has 0 fully saturated rings. The standard InChI is InChI=1S/C12H17ClN2O/c1-3-10(16-2)12-14-9-7-5-4-6-8(9)11(13)15-12/h10H,3-7H2,1-2H3. The summed E-state index contributed by atoms with van der Waals surface area (Å²) in [5.74, 6) is 0.732. The quantitative estimate of drug-likeness (QED) is 0.762. The van der Waals surface area contributed by atoms with Gasteiger partial charge in [0.1, 0.15) is 11.3 Å². The number of ether oxygens (including phenoxy) is 1. The molecular formula is C12H17ClN2O. The first-order valence-corrected chi connectivity index (χ1v) is 6.22. The molecule has 1 aliphatic carbocycles. The molecule has 1 aromatic rings. The Bertz CT molecular complexity index is 378. The van der Waals surface area contributed by atoms with Gasteiger partial charge in [-0.1, -0.05) is 18.5 Å². The minimum absolute atomic E-state index is 0.0373. The summed E-state index contributed by atoms with van der Waals surface area (Å²) in [6.45, 7) is 2.06. The Labute approximate surface area is 101 Å². The van der Waals surface area contributed by atoms with Crippen LogP contribution in [0.25, 0.3) is 0 Å². The maximum absolute atomic E-state index is 6.20. The van der Waals surface area contributed by atoms with Crippen LogP contribution < -0.4 is 0 Å². The summed E-state index contributed by atoms with van der Waals surface area (Å²) >= 11 is 6.20. The van der Waals surface area contributed by atoms with E-state index in [0.29, 0.717) is 5.15 Å². The molecule has 1 heterocycles. The van der Waals surface area contributed by atoms with Crippen molar-refractivity contribution in [1.29, 1.82) is 0 Å². The second-order valence-electron chi connectivity index (χ2n) is 4.14. The highest BCUT2D eigenvalue weighted by Gasteiger charge is 2.20. The molecule has 0 aromatic carbocycles. The summed E-state index contributed by atoms with van der Waals surface area (Å²) in [7, 11) is 1.69. The van der Waals surface area contributed by atoms with Gasteiger partial charge < -0.3 is 4.74 Å². The molecule has 1 atom stereocenters. The molecule has 4 heteroatoms. The molecule has 0 saturated heterocycles. The van der Waals surface area contributed by atoms with E-state index in [4.69, 9.17) is 16.3 Å². The molecule has 0 radical (unpaired) electrons. The number of halogens is 1. The van der Waals surface area contributed by atoms with Crippen LogP contribution in [0.5, 0.6) is 0 Å². The predicted octanol–water partition coefficient (Wildman–Crippen LogP) is 3.11. The zero-order valence-corrected chi connectivity index (χ0v) is 10.5. The first-order chi connectivity index (χ1) is 7.76. The molecule has 88 valence electrons. The Kier molecular flexibility index (Phi) is 3.77.